The highest BCUT2D eigenvalue weighted by atomic mass is 14.8. The predicted molar refractivity (Wildman–Crippen MR) is 61.8 cm³/mol. The molecule has 14 heavy (non-hydrogen) atoms. The summed E-state index contributed by atoms with van der Waals surface area (Å²) in [6.45, 7) is 2.30. The van der Waals surface area contributed by atoms with Gasteiger partial charge in [-0.05, 0) is 48.4 Å². The lowest BCUT2D eigenvalue weighted by Gasteiger charge is -2.23. The normalized spacial score (nSPS) is 20.3. The van der Waals surface area contributed by atoms with Gasteiger partial charge >= 0.3 is 0 Å². The predicted octanol–water partition coefficient (Wildman–Crippen LogP) is 3.24. The minimum absolute atomic E-state index is 0.919. The Hall–Kier alpha value is -0.980. The van der Waals surface area contributed by atoms with Crippen LogP contribution in [0.25, 0.3) is 0 Å². The van der Waals surface area contributed by atoms with Crippen molar-refractivity contribution in [1.29, 1.82) is 0 Å². The van der Waals surface area contributed by atoms with Gasteiger partial charge < -0.3 is 5.32 Å². The second-order valence-electron chi connectivity index (χ2n) is 4.25. The largest absolute Gasteiger partial charge is 0.388 e. The minimum atomic E-state index is 0.919. The van der Waals surface area contributed by atoms with Gasteiger partial charge in [-0.25, -0.2) is 0 Å². The Labute approximate surface area is 86.5 Å². The van der Waals surface area contributed by atoms with Crippen LogP contribution >= 0.6 is 0 Å². The molecule has 0 aliphatic heterocycles. The van der Waals surface area contributed by atoms with Gasteiger partial charge in [0.25, 0.3) is 0 Å². The zero-order valence-corrected chi connectivity index (χ0v) is 9.14. The van der Waals surface area contributed by atoms with Gasteiger partial charge in [0.1, 0.15) is 0 Å². The summed E-state index contributed by atoms with van der Waals surface area (Å²) < 4.78 is 0. The molecule has 0 bridgehead atoms. The maximum atomic E-state index is 3.20. The van der Waals surface area contributed by atoms with Crippen molar-refractivity contribution in [2.24, 2.45) is 5.92 Å². The smallest absolute Gasteiger partial charge is 0.0340 e. The number of nitrogens with one attached hydrogen (secondary N) is 1. The van der Waals surface area contributed by atoms with Gasteiger partial charge in [-0.3, -0.25) is 0 Å². The van der Waals surface area contributed by atoms with Gasteiger partial charge in [-0.1, -0.05) is 19.4 Å². The highest BCUT2D eigenvalue weighted by molar-refractivity contribution is 5.49. The second-order valence-corrected chi connectivity index (χ2v) is 4.25. The topological polar surface area (TPSA) is 12.0 Å². The van der Waals surface area contributed by atoms with E-state index >= 15 is 0 Å². The third-order valence-corrected chi connectivity index (χ3v) is 3.40. The lowest BCUT2D eigenvalue weighted by Crippen LogP contribution is -2.13. The van der Waals surface area contributed by atoms with Crippen molar-refractivity contribution in [3.05, 3.63) is 29.3 Å². The van der Waals surface area contributed by atoms with Crippen LogP contribution in [-0.2, 0) is 12.8 Å². The first-order valence-corrected chi connectivity index (χ1v) is 5.63. The third-order valence-electron chi connectivity index (χ3n) is 3.40. The fourth-order valence-corrected chi connectivity index (χ4v) is 2.33. The molecule has 1 aliphatic carbocycles. The summed E-state index contributed by atoms with van der Waals surface area (Å²) in [5.74, 6) is 0.919. The van der Waals surface area contributed by atoms with Crippen LogP contribution in [0, 0.1) is 5.92 Å². The zero-order chi connectivity index (χ0) is 9.97. The Morgan fingerprint density at radius 2 is 2.21 bits per heavy atom. The van der Waals surface area contributed by atoms with E-state index in [9.17, 15) is 0 Å². The molecule has 1 atom stereocenters. The van der Waals surface area contributed by atoms with Crippen molar-refractivity contribution in [3.63, 3.8) is 0 Å². The van der Waals surface area contributed by atoms with Crippen molar-refractivity contribution in [2.45, 2.75) is 32.6 Å². The van der Waals surface area contributed by atoms with E-state index < -0.39 is 0 Å². The monoisotopic (exact) mass is 189 g/mol. The lowest BCUT2D eigenvalue weighted by molar-refractivity contribution is 0.445. The minimum Gasteiger partial charge on any atom is -0.388 e. The summed E-state index contributed by atoms with van der Waals surface area (Å²) in [5, 5.41) is 3.20. The Bertz CT molecular complexity index is 317. The number of benzene rings is 1. The molecular formula is C13H19N. The Morgan fingerprint density at radius 3 is 2.93 bits per heavy atom. The molecule has 1 aromatic rings. The Kier molecular flexibility index (Phi) is 2.76. The van der Waals surface area contributed by atoms with E-state index in [1.807, 2.05) is 7.05 Å². The fourth-order valence-electron chi connectivity index (χ4n) is 2.33. The van der Waals surface area contributed by atoms with Crippen molar-refractivity contribution in [3.8, 4) is 0 Å². The maximum absolute atomic E-state index is 3.20. The molecule has 0 saturated heterocycles. The first-order chi connectivity index (χ1) is 6.83. The van der Waals surface area contributed by atoms with Crippen molar-refractivity contribution < 1.29 is 0 Å². The summed E-state index contributed by atoms with van der Waals surface area (Å²) in [6, 6.07) is 6.79. The molecule has 76 valence electrons. The van der Waals surface area contributed by atoms with Crippen molar-refractivity contribution in [2.75, 3.05) is 12.4 Å². The van der Waals surface area contributed by atoms with Crippen LogP contribution in [0.15, 0.2) is 18.2 Å². The number of hydrogen-bond donors (Lipinski definition) is 1. The molecular weight excluding hydrogens is 170 g/mol. The summed E-state index contributed by atoms with van der Waals surface area (Å²) in [5.41, 5.74) is 4.38. The van der Waals surface area contributed by atoms with Crippen LogP contribution in [0.2, 0.25) is 0 Å². The molecule has 1 aliphatic rings. The SMILES string of the molecule is CCC1CCc2cc(NC)ccc2C1. The average Bonchev–Trinajstić information content (AvgIpc) is 2.27. The number of fused-ring (bicyclic) bond motifs is 1. The molecule has 0 radical (unpaired) electrons. The van der Waals surface area contributed by atoms with Gasteiger partial charge in [0, 0.05) is 12.7 Å². The second kappa shape index (κ2) is 4.04. The van der Waals surface area contributed by atoms with Crippen molar-refractivity contribution >= 4 is 5.69 Å². The van der Waals surface area contributed by atoms with E-state index in [-0.39, 0.29) is 0 Å². The molecule has 1 unspecified atom stereocenters. The maximum Gasteiger partial charge on any atom is 0.0340 e. The molecule has 2 rings (SSSR count). The van der Waals surface area contributed by atoms with E-state index in [1.165, 1.54) is 31.4 Å². The molecule has 0 amide bonds. The summed E-state index contributed by atoms with van der Waals surface area (Å²) >= 11 is 0. The lowest BCUT2D eigenvalue weighted by atomic mass is 9.82. The van der Waals surface area contributed by atoms with Crippen LogP contribution in [0.5, 0.6) is 0 Å². The molecule has 0 saturated carbocycles. The number of aryl methyl sites for hydroxylation is 1. The van der Waals surface area contributed by atoms with Crippen LogP contribution in [0.3, 0.4) is 0 Å². The van der Waals surface area contributed by atoms with Gasteiger partial charge in [0.05, 0.1) is 0 Å². The Balaban J connectivity index is 2.23. The molecule has 0 aromatic heterocycles. The standard InChI is InChI=1S/C13H19N/c1-3-10-4-5-12-9-13(14-2)7-6-11(12)8-10/h6-7,9-10,14H,3-5,8H2,1-2H3. The fraction of sp³-hybridized carbons (Fsp3) is 0.538. The van der Waals surface area contributed by atoms with Crippen LogP contribution < -0.4 is 5.32 Å². The zero-order valence-electron chi connectivity index (χ0n) is 9.14. The van der Waals surface area contributed by atoms with Gasteiger partial charge in [0.2, 0.25) is 0 Å². The summed E-state index contributed by atoms with van der Waals surface area (Å²) in [6.07, 6.45) is 5.25. The van der Waals surface area contributed by atoms with Crippen LogP contribution in [0.4, 0.5) is 5.69 Å². The molecule has 0 fully saturated rings. The van der Waals surface area contributed by atoms with Crippen LogP contribution in [0.1, 0.15) is 30.9 Å². The number of hydrogen-bond acceptors (Lipinski definition) is 1. The molecule has 0 spiro atoms. The number of anilines is 1. The summed E-state index contributed by atoms with van der Waals surface area (Å²) in [7, 11) is 1.99. The third kappa shape index (κ3) is 1.77. The van der Waals surface area contributed by atoms with Crippen molar-refractivity contribution in [1.82, 2.24) is 0 Å². The molecule has 1 N–H and O–H groups in total. The van der Waals surface area contributed by atoms with E-state index in [0.29, 0.717) is 0 Å². The highest BCUT2D eigenvalue weighted by Crippen LogP contribution is 2.29. The van der Waals surface area contributed by atoms with E-state index in [2.05, 4.69) is 30.4 Å². The average molecular weight is 189 g/mol. The Morgan fingerprint density at radius 1 is 1.36 bits per heavy atom. The van der Waals surface area contributed by atoms with Gasteiger partial charge in [0.15, 0.2) is 0 Å². The quantitative estimate of drug-likeness (QED) is 0.753. The molecule has 0 heterocycles. The van der Waals surface area contributed by atoms with Gasteiger partial charge in [-0.2, -0.15) is 0 Å². The summed E-state index contributed by atoms with van der Waals surface area (Å²) in [4.78, 5) is 0. The van der Waals surface area contributed by atoms with E-state index in [0.717, 1.165) is 5.92 Å². The van der Waals surface area contributed by atoms with E-state index in [4.69, 9.17) is 0 Å². The van der Waals surface area contributed by atoms with Crippen LogP contribution in [-0.4, -0.2) is 7.05 Å². The molecule has 1 nitrogen and oxygen atoms in total. The highest BCUT2D eigenvalue weighted by Gasteiger charge is 2.16. The number of rotatable bonds is 2. The first-order valence-electron chi connectivity index (χ1n) is 5.63. The molecule has 1 heteroatoms. The molecule has 1 aromatic carbocycles. The first kappa shape index (κ1) is 9.57. The van der Waals surface area contributed by atoms with E-state index in [1.54, 1.807) is 11.1 Å². The van der Waals surface area contributed by atoms with Gasteiger partial charge in [-0.15, -0.1) is 0 Å².